The van der Waals surface area contributed by atoms with Crippen molar-refractivity contribution >= 4 is 52.2 Å². The Balaban J connectivity index is 2.25. The predicted molar refractivity (Wildman–Crippen MR) is 82.8 cm³/mol. The fraction of sp³-hybridized carbons (Fsp3) is 0.154. The van der Waals surface area contributed by atoms with Crippen molar-refractivity contribution in [3.05, 3.63) is 56.1 Å². The zero-order valence-corrected chi connectivity index (χ0v) is 13.0. The van der Waals surface area contributed by atoms with Crippen LogP contribution in [0.1, 0.15) is 5.56 Å². The molecular formula is C13H10Cl4N2. The van der Waals surface area contributed by atoms with E-state index in [0.717, 1.165) is 5.56 Å². The molecule has 0 atom stereocenters. The molecule has 0 aliphatic heterocycles. The van der Waals surface area contributed by atoms with Gasteiger partial charge in [-0.25, -0.2) is 4.98 Å². The van der Waals surface area contributed by atoms with E-state index in [2.05, 4.69) is 4.98 Å². The van der Waals surface area contributed by atoms with E-state index in [0.29, 0.717) is 27.4 Å². The van der Waals surface area contributed by atoms with Crippen molar-refractivity contribution < 1.29 is 0 Å². The lowest BCUT2D eigenvalue weighted by atomic mass is 10.2. The predicted octanol–water partition coefficient (Wildman–Crippen LogP) is 5.33. The first-order valence-electron chi connectivity index (χ1n) is 5.44. The monoisotopic (exact) mass is 334 g/mol. The lowest BCUT2D eigenvalue weighted by molar-refractivity contribution is 0.898. The molecule has 1 heterocycles. The van der Waals surface area contributed by atoms with Gasteiger partial charge in [-0.1, -0.05) is 58.5 Å². The summed E-state index contributed by atoms with van der Waals surface area (Å²) in [5.41, 5.74) is 1.05. The minimum Gasteiger partial charge on any atom is -0.354 e. The Bertz CT molecular complexity index is 601. The molecule has 0 amide bonds. The highest BCUT2D eigenvalue weighted by atomic mass is 35.5. The van der Waals surface area contributed by atoms with Gasteiger partial charge < -0.3 is 4.90 Å². The maximum Gasteiger partial charge on any atom is 0.150 e. The normalized spacial score (nSPS) is 10.6. The molecule has 0 saturated carbocycles. The summed E-state index contributed by atoms with van der Waals surface area (Å²) < 4.78 is 0. The zero-order chi connectivity index (χ0) is 14.0. The molecule has 0 saturated heterocycles. The van der Waals surface area contributed by atoms with Gasteiger partial charge in [0.1, 0.15) is 11.0 Å². The third-order valence-corrected chi connectivity index (χ3v) is 3.72. The van der Waals surface area contributed by atoms with Gasteiger partial charge in [0.15, 0.2) is 0 Å². The van der Waals surface area contributed by atoms with Crippen LogP contribution in [-0.2, 0) is 6.54 Å². The van der Waals surface area contributed by atoms with Crippen LogP contribution in [0.5, 0.6) is 0 Å². The number of benzene rings is 1. The fourth-order valence-electron chi connectivity index (χ4n) is 1.69. The summed E-state index contributed by atoms with van der Waals surface area (Å²) in [6.45, 7) is 0.616. The van der Waals surface area contributed by atoms with Gasteiger partial charge >= 0.3 is 0 Å². The van der Waals surface area contributed by atoms with Crippen molar-refractivity contribution in [3.63, 3.8) is 0 Å². The molecule has 0 unspecified atom stereocenters. The standard InChI is InChI=1S/C13H10Cl4N2/c1-19(7-8-3-2-4-9(14)5-8)13-11(16)6-10(15)12(17)18-13/h2-6H,7H2,1H3. The Morgan fingerprint density at radius 1 is 1.05 bits per heavy atom. The van der Waals surface area contributed by atoms with Crippen LogP contribution < -0.4 is 4.90 Å². The molecule has 0 radical (unpaired) electrons. The van der Waals surface area contributed by atoms with Gasteiger partial charge in [0, 0.05) is 18.6 Å². The number of rotatable bonds is 3. The Kier molecular flexibility index (Phi) is 4.80. The second-order valence-electron chi connectivity index (χ2n) is 4.05. The molecule has 19 heavy (non-hydrogen) atoms. The van der Waals surface area contributed by atoms with Crippen LogP contribution in [0.4, 0.5) is 5.82 Å². The number of anilines is 1. The van der Waals surface area contributed by atoms with Gasteiger partial charge in [-0.3, -0.25) is 0 Å². The average Bonchev–Trinajstić information content (AvgIpc) is 2.33. The van der Waals surface area contributed by atoms with Gasteiger partial charge in [0.05, 0.1) is 10.0 Å². The summed E-state index contributed by atoms with van der Waals surface area (Å²) in [4.78, 5) is 6.07. The van der Waals surface area contributed by atoms with Gasteiger partial charge in [0.2, 0.25) is 0 Å². The van der Waals surface area contributed by atoms with Crippen LogP contribution in [0.25, 0.3) is 0 Å². The lowest BCUT2D eigenvalue weighted by Crippen LogP contribution is -2.18. The first-order valence-corrected chi connectivity index (χ1v) is 6.95. The highest BCUT2D eigenvalue weighted by Crippen LogP contribution is 2.31. The molecule has 100 valence electrons. The highest BCUT2D eigenvalue weighted by Gasteiger charge is 2.12. The number of hydrogen-bond acceptors (Lipinski definition) is 2. The van der Waals surface area contributed by atoms with E-state index in [1.165, 1.54) is 0 Å². The number of hydrogen-bond donors (Lipinski definition) is 0. The van der Waals surface area contributed by atoms with Gasteiger partial charge in [0.25, 0.3) is 0 Å². The van der Waals surface area contributed by atoms with E-state index in [9.17, 15) is 0 Å². The zero-order valence-electron chi connectivity index (χ0n) is 10.0. The molecule has 1 aromatic heterocycles. The molecule has 6 heteroatoms. The summed E-state index contributed by atoms with van der Waals surface area (Å²) in [6, 6.07) is 9.18. The molecule has 0 N–H and O–H groups in total. The van der Waals surface area contributed by atoms with Crippen molar-refractivity contribution in [1.82, 2.24) is 4.98 Å². The van der Waals surface area contributed by atoms with Crippen LogP contribution >= 0.6 is 46.4 Å². The highest BCUT2D eigenvalue weighted by molar-refractivity contribution is 6.42. The Morgan fingerprint density at radius 3 is 2.47 bits per heavy atom. The number of pyridine rings is 1. The number of aromatic nitrogens is 1. The minimum absolute atomic E-state index is 0.235. The van der Waals surface area contributed by atoms with Crippen molar-refractivity contribution in [2.24, 2.45) is 0 Å². The van der Waals surface area contributed by atoms with Crippen LogP contribution in [-0.4, -0.2) is 12.0 Å². The Morgan fingerprint density at radius 2 is 1.79 bits per heavy atom. The third kappa shape index (κ3) is 3.67. The van der Waals surface area contributed by atoms with E-state index in [4.69, 9.17) is 46.4 Å². The molecule has 2 rings (SSSR count). The maximum atomic E-state index is 6.12. The van der Waals surface area contributed by atoms with E-state index < -0.39 is 0 Å². The molecule has 0 aliphatic rings. The fourth-order valence-corrected chi connectivity index (χ4v) is 2.54. The van der Waals surface area contributed by atoms with Crippen molar-refractivity contribution in [2.45, 2.75) is 6.54 Å². The topological polar surface area (TPSA) is 16.1 Å². The molecule has 2 aromatic rings. The second kappa shape index (κ2) is 6.19. The average molecular weight is 336 g/mol. The molecule has 2 nitrogen and oxygen atoms in total. The molecule has 0 aliphatic carbocycles. The van der Waals surface area contributed by atoms with Crippen molar-refractivity contribution in [1.29, 1.82) is 0 Å². The molecule has 0 fully saturated rings. The first-order chi connectivity index (χ1) is 8.97. The summed E-state index contributed by atoms with van der Waals surface area (Å²) in [5, 5.41) is 1.73. The summed E-state index contributed by atoms with van der Waals surface area (Å²) in [5.74, 6) is 0.580. The molecule has 1 aromatic carbocycles. The lowest BCUT2D eigenvalue weighted by Gasteiger charge is -2.20. The number of halogens is 4. The van der Waals surface area contributed by atoms with Crippen molar-refractivity contribution in [2.75, 3.05) is 11.9 Å². The summed E-state index contributed by atoms with van der Waals surface area (Å²) >= 11 is 23.8. The summed E-state index contributed by atoms with van der Waals surface area (Å²) in [7, 11) is 1.87. The first kappa shape index (κ1) is 14.7. The molecule has 0 bridgehead atoms. The minimum atomic E-state index is 0.235. The van der Waals surface area contributed by atoms with Crippen molar-refractivity contribution in [3.8, 4) is 0 Å². The van der Waals surface area contributed by atoms with E-state index in [1.807, 2.05) is 36.2 Å². The van der Waals surface area contributed by atoms with Crippen LogP contribution in [0.15, 0.2) is 30.3 Å². The van der Waals surface area contributed by atoms with Gasteiger partial charge in [-0.15, -0.1) is 0 Å². The van der Waals surface area contributed by atoms with E-state index in [-0.39, 0.29) is 5.15 Å². The smallest absolute Gasteiger partial charge is 0.150 e. The largest absolute Gasteiger partial charge is 0.354 e. The Hall–Kier alpha value is -0.670. The van der Waals surface area contributed by atoms with Crippen LogP contribution in [0, 0.1) is 0 Å². The number of nitrogens with zero attached hydrogens (tertiary/aromatic N) is 2. The quantitative estimate of drug-likeness (QED) is 0.704. The van der Waals surface area contributed by atoms with E-state index in [1.54, 1.807) is 6.07 Å². The van der Waals surface area contributed by atoms with E-state index >= 15 is 0 Å². The summed E-state index contributed by atoms with van der Waals surface area (Å²) in [6.07, 6.45) is 0. The van der Waals surface area contributed by atoms with Crippen LogP contribution in [0.2, 0.25) is 20.2 Å². The van der Waals surface area contributed by atoms with Gasteiger partial charge in [-0.05, 0) is 23.8 Å². The SMILES string of the molecule is CN(Cc1cccc(Cl)c1)c1nc(Cl)c(Cl)cc1Cl. The van der Waals surface area contributed by atoms with Crippen LogP contribution in [0.3, 0.4) is 0 Å². The maximum absolute atomic E-state index is 6.12. The molecular weight excluding hydrogens is 326 g/mol. The third-order valence-electron chi connectivity index (χ3n) is 2.54. The molecule has 0 spiro atoms. The second-order valence-corrected chi connectivity index (χ2v) is 5.66. The van der Waals surface area contributed by atoms with Gasteiger partial charge in [-0.2, -0.15) is 0 Å². The Labute approximate surface area is 131 Å².